The van der Waals surface area contributed by atoms with E-state index in [4.69, 9.17) is 11.6 Å². The van der Waals surface area contributed by atoms with Gasteiger partial charge in [-0.2, -0.15) is 0 Å². The SMILES string of the molecule is O=C(NCc1ccccn1)c1ccc2c(c1)N(Cc1ccc(Cl)cc1)C(=O)c1ccccc1S2(=O)=O. The van der Waals surface area contributed by atoms with Crippen LogP contribution >= 0.6 is 11.6 Å². The van der Waals surface area contributed by atoms with E-state index in [0.29, 0.717) is 10.7 Å². The van der Waals surface area contributed by atoms with Crippen LogP contribution in [0.15, 0.2) is 101 Å². The second kappa shape index (κ2) is 9.56. The van der Waals surface area contributed by atoms with E-state index in [9.17, 15) is 18.0 Å². The van der Waals surface area contributed by atoms with Crippen LogP contribution in [-0.2, 0) is 22.9 Å². The van der Waals surface area contributed by atoms with Gasteiger partial charge in [0.25, 0.3) is 11.8 Å². The highest BCUT2D eigenvalue weighted by molar-refractivity contribution is 7.91. The van der Waals surface area contributed by atoms with Crippen LogP contribution in [0.1, 0.15) is 32.0 Å². The van der Waals surface area contributed by atoms with Crippen molar-refractivity contribution in [1.29, 1.82) is 0 Å². The van der Waals surface area contributed by atoms with Crippen LogP contribution in [-0.4, -0.2) is 25.2 Å². The van der Waals surface area contributed by atoms with Crippen LogP contribution in [0.4, 0.5) is 5.69 Å². The Balaban J connectivity index is 1.59. The van der Waals surface area contributed by atoms with Crippen LogP contribution in [0.5, 0.6) is 0 Å². The second-order valence-corrected chi connectivity index (χ2v) is 10.5. The van der Waals surface area contributed by atoms with Gasteiger partial charge in [-0.15, -0.1) is 0 Å². The van der Waals surface area contributed by atoms with Gasteiger partial charge in [0, 0.05) is 16.8 Å². The molecule has 0 unspecified atom stereocenters. The molecule has 3 aromatic carbocycles. The number of nitrogens with zero attached hydrogens (tertiary/aromatic N) is 2. The number of aromatic nitrogens is 1. The molecular weight excluding hydrogens is 498 g/mol. The van der Waals surface area contributed by atoms with E-state index in [1.807, 2.05) is 6.07 Å². The van der Waals surface area contributed by atoms with Crippen LogP contribution in [0.2, 0.25) is 5.02 Å². The Labute approximate surface area is 213 Å². The molecule has 0 spiro atoms. The number of hydrogen-bond donors (Lipinski definition) is 1. The molecule has 0 bridgehead atoms. The zero-order valence-corrected chi connectivity index (χ0v) is 20.5. The lowest BCUT2D eigenvalue weighted by Crippen LogP contribution is -2.31. The molecular formula is C27H20ClN3O4S. The first-order valence-corrected chi connectivity index (χ1v) is 12.9. The number of amides is 2. The van der Waals surface area contributed by atoms with E-state index in [2.05, 4.69) is 10.3 Å². The molecule has 7 nitrogen and oxygen atoms in total. The molecule has 36 heavy (non-hydrogen) atoms. The molecule has 1 N–H and O–H groups in total. The Hall–Kier alpha value is -4.01. The van der Waals surface area contributed by atoms with Gasteiger partial charge in [-0.05, 0) is 60.2 Å². The molecule has 9 heteroatoms. The molecule has 0 aliphatic carbocycles. The number of benzene rings is 3. The Morgan fingerprint density at radius 1 is 0.917 bits per heavy atom. The number of rotatable bonds is 5. The molecule has 1 aliphatic heterocycles. The minimum absolute atomic E-state index is 0.0453. The summed E-state index contributed by atoms with van der Waals surface area (Å²) >= 11 is 6.02. The highest BCUT2D eigenvalue weighted by atomic mass is 35.5. The average Bonchev–Trinajstić information content (AvgIpc) is 2.97. The lowest BCUT2D eigenvalue weighted by atomic mass is 10.1. The van der Waals surface area contributed by atoms with Crippen molar-refractivity contribution in [2.45, 2.75) is 22.9 Å². The zero-order valence-electron chi connectivity index (χ0n) is 18.9. The molecule has 2 heterocycles. The molecule has 180 valence electrons. The summed E-state index contributed by atoms with van der Waals surface area (Å²) in [5.41, 5.74) is 1.86. The lowest BCUT2D eigenvalue weighted by molar-refractivity contribution is 0.0947. The summed E-state index contributed by atoms with van der Waals surface area (Å²) in [7, 11) is -4.03. The molecule has 5 rings (SSSR count). The fourth-order valence-corrected chi connectivity index (χ4v) is 5.81. The molecule has 2 amide bonds. The van der Waals surface area contributed by atoms with E-state index < -0.39 is 21.7 Å². The van der Waals surface area contributed by atoms with Crippen molar-refractivity contribution >= 4 is 38.9 Å². The Morgan fingerprint density at radius 3 is 2.42 bits per heavy atom. The smallest absolute Gasteiger partial charge is 0.259 e. The number of carbonyl (C=O) groups is 2. The third kappa shape index (κ3) is 4.48. The highest BCUT2D eigenvalue weighted by Gasteiger charge is 2.36. The van der Waals surface area contributed by atoms with Gasteiger partial charge < -0.3 is 10.2 Å². The second-order valence-electron chi connectivity index (χ2n) is 8.20. The third-order valence-electron chi connectivity index (χ3n) is 5.86. The standard InChI is InChI=1S/C27H20ClN3O4S/c28-20-11-8-18(9-12-20)17-31-23-15-19(26(32)30-16-21-5-3-4-14-29-21)10-13-25(23)36(34,35)24-7-2-1-6-22(24)27(31)33/h1-15H,16-17H2,(H,30,32). The highest BCUT2D eigenvalue weighted by Crippen LogP contribution is 2.38. The molecule has 0 atom stereocenters. The molecule has 0 saturated heterocycles. The van der Waals surface area contributed by atoms with Crippen LogP contribution in [0, 0.1) is 0 Å². The van der Waals surface area contributed by atoms with Crippen molar-refractivity contribution in [1.82, 2.24) is 10.3 Å². The number of halogens is 1. The quantitative estimate of drug-likeness (QED) is 0.415. The van der Waals surface area contributed by atoms with Crippen molar-refractivity contribution in [3.8, 4) is 0 Å². The topological polar surface area (TPSA) is 96.4 Å². The number of carbonyl (C=O) groups excluding carboxylic acids is 2. The Morgan fingerprint density at radius 2 is 1.67 bits per heavy atom. The van der Waals surface area contributed by atoms with Crippen molar-refractivity contribution in [3.05, 3.63) is 119 Å². The third-order valence-corrected chi connectivity index (χ3v) is 7.97. The first-order chi connectivity index (χ1) is 17.3. The van der Waals surface area contributed by atoms with E-state index in [1.165, 1.54) is 35.2 Å². The summed E-state index contributed by atoms with van der Waals surface area (Å²) < 4.78 is 27.2. The van der Waals surface area contributed by atoms with Crippen molar-refractivity contribution in [2.75, 3.05) is 4.90 Å². The maximum atomic E-state index is 13.7. The first kappa shape index (κ1) is 23.7. The molecule has 0 radical (unpaired) electrons. The number of hydrogen-bond acceptors (Lipinski definition) is 5. The maximum Gasteiger partial charge on any atom is 0.259 e. The molecule has 1 aromatic heterocycles. The molecule has 0 saturated carbocycles. The minimum Gasteiger partial charge on any atom is -0.346 e. The van der Waals surface area contributed by atoms with Gasteiger partial charge in [-0.1, -0.05) is 41.9 Å². The number of nitrogens with one attached hydrogen (secondary N) is 1. The van der Waals surface area contributed by atoms with Gasteiger partial charge in [-0.25, -0.2) is 8.42 Å². The predicted molar refractivity (Wildman–Crippen MR) is 136 cm³/mol. The normalized spacial score (nSPS) is 13.9. The van der Waals surface area contributed by atoms with Crippen molar-refractivity contribution < 1.29 is 18.0 Å². The summed E-state index contributed by atoms with van der Waals surface area (Å²) in [4.78, 5) is 32.1. The van der Waals surface area contributed by atoms with Gasteiger partial charge >= 0.3 is 0 Å². The summed E-state index contributed by atoms with van der Waals surface area (Å²) in [6.07, 6.45) is 1.63. The van der Waals surface area contributed by atoms with Crippen LogP contribution in [0.3, 0.4) is 0 Å². The van der Waals surface area contributed by atoms with Crippen molar-refractivity contribution in [3.63, 3.8) is 0 Å². The Bertz CT molecular complexity index is 1570. The molecule has 1 aliphatic rings. The van der Waals surface area contributed by atoms with E-state index >= 15 is 0 Å². The molecule has 4 aromatic rings. The first-order valence-electron chi connectivity index (χ1n) is 11.1. The number of sulfone groups is 1. The average molecular weight is 518 g/mol. The Kier molecular flexibility index (Phi) is 6.30. The fourth-order valence-electron chi connectivity index (χ4n) is 4.05. The largest absolute Gasteiger partial charge is 0.346 e. The van der Waals surface area contributed by atoms with Gasteiger partial charge in [0.2, 0.25) is 9.84 Å². The summed E-state index contributed by atoms with van der Waals surface area (Å²) in [6, 6.07) is 22.7. The summed E-state index contributed by atoms with van der Waals surface area (Å²) in [5.74, 6) is -0.893. The van der Waals surface area contributed by atoms with Gasteiger partial charge in [-0.3, -0.25) is 14.6 Å². The van der Waals surface area contributed by atoms with E-state index in [0.717, 1.165) is 5.56 Å². The van der Waals surface area contributed by atoms with Gasteiger partial charge in [0.15, 0.2) is 0 Å². The van der Waals surface area contributed by atoms with Crippen molar-refractivity contribution in [2.24, 2.45) is 0 Å². The number of pyridine rings is 1. The summed E-state index contributed by atoms with van der Waals surface area (Å²) in [6.45, 7) is 0.291. The van der Waals surface area contributed by atoms with Crippen LogP contribution in [0.25, 0.3) is 0 Å². The summed E-state index contributed by atoms with van der Waals surface area (Å²) in [5, 5.41) is 3.33. The fraction of sp³-hybridized carbons (Fsp3) is 0.0741. The number of fused-ring (bicyclic) bond motifs is 2. The zero-order chi connectivity index (χ0) is 25.3. The maximum absolute atomic E-state index is 13.7. The van der Waals surface area contributed by atoms with E-state index in [1.54, 1.807) is 54.7 Å². The lowest BCUT2D eigenvalue weighted by Gasteiger charge is -2.23. The van der Waals surface area contributed by atoms with E-state index in [-0.39, 0.29) is 39.7 Å². The van der Waals surface area contributed by atoms with Crippen LogP contribution < -0.4 is 10.2 Å². The minimum atomic E-state index is -4.03. The van der Waals surface area contributed by atoms with Gasteiger partial charge in [0.05, 0.1) is 39.8 Å². The number of anilines is 1. The molecule has 0 fully saturated rings. The predicted octanol–water partition coefficient (Wildman–Crippen LogP) is 4.66. The monoisotopic (exact) mass is 517 g/mol. The van der Waals surface area contributed by atoms with Gasteiger partial charge in [0.1, 0.15) is 0 Å².